The van der Waals surface area contributed by atoms with Crippen molar-refractivity contribution in [1.29, 1.82) is 0 Å². The number of rotatable bonds is 4. The molecule has 2 N–H and O–H groups in total. The molecule has 3 nitrogen and oxygen atoms in total. The van der Waals surface area contributed by atoms with Crippen LogP contribution in [0.1, 0.15) is 46.5 Å². The fourth-order valence-corrected chi connectivity index (χ4v) is 2.60. The van der Waals surface area contributed by atoms with Crippen LogP contribution in [0.25, 0.3) is 0 Å². The summed E-state index contributed by atoms with van der Waals surface area (Å²) in [4.78, 5) is 0. The highest BCUT2D eigenvalue weighted by molar-refractivity contribution is 5.62. The lowest BCUT2D eigenvalue weighted by Gasteiger charge is -2.30. The molecule has 2 unspecified atom stereocenters. The SMILES string of the molecule is CC(C)Oc1cccc(OC2CCCCC2C)c1N. The molecule has 0 amide bonds. The van der Waals surface area contributed by atoms with Crippen LogP contribution >= 0.6 is 0 Å². The number of hydrogen-bond donors (Lipinski definition) is 1. The Balaban J connectivity index is 2.11. The molecule has 1 saturated carbocycles. The summed E-state index contributed by atoms with van der Waals surface area (Å²) in [6, 6.07) is 5.77. The highest BCUT2D eigenvalue weighted by atomic mass is 16.5. The van der Waals surface area contributed by atoms with E-state index in [4.69, 9.17) is 15.2 Å². The molecule has 0 aliphatic heterocycles. The molecule has 0 spiro atoms. The Morgan fingerprint density at radius 2 is 1.84 bits per heavy atom. The van der Waals surface area contributed by atoms with Crippen molar-refractivity contribution in [3.8, 4) is 11.5 Å². The third-order valence-corrected chi connectivity index (χ3v) is 3.70. The lowest BCUT2D eigenvalue weighted by molar-refractivity contribution is 0.103. The summed E-state index contributed by atoms with van der Waals surface area (Å²) in [5.41, 5.74) is 6.76. The first-order valence-electron chi connectivity index (χ1n) is 7.29. The number of nitrogen functional groups attached to an aromatic ring is 1. The summed E-state index contributed by atoms with van der Waals surface area (Å²) >= 11 is 0. The van der Waals surface area contributed by atoms with E-state index in [1.165, 1.54) is 19.3 Å². The molecule has 106 valence electrons. The van der Waals surface area contributed by atoms with Gasteiger partial charge in [-0.3, -0.25) is 0 Å². The summed E-state index contributed by atoms with van der Waals surface area (Å²) in [6.07, 6.45) is 5.32. The number of anilines is 1. The summed E-state index contributed by atoms with van der Waals surface area (Å²) in [7, 11) is 0. The van der Waals surface area contributed by atoms with E-state index >= 15 is 0 Å². The highest BCUT2D eigenvalue weighted by Crippen LogP contribution is 2.35. The van der Waals surface area contributed by atoms with E-state index in [0.717, 1.165) is 17.9 Å². The van der Waals surface area contributed by atoms with Crippen molar-refractivity contribution in [3.63, 3.8) is 0 Å². The van der Waals surface area contributed by atoms with Crippen molar-refractivity contribution in [2.24, 2.45) is 5.92 Å². The average Bonchev–Trinajstić information content (AvgIpc) is 2.36. The quantitative estimate of drug-likeness (QED) is 0.835. The molecule has 1 aromatic rings. The van der Waals surface area contributed by atoms with Gasteiger partial charge in [0.05, 0.1) is 6.10 Å². The Labute approximate surface area is 116 Å². The van der Waals surface area contributed by atoms with Crippen LogP contribution in [0, 0.1) is 5.92 Å². The van der Waals surface area contributed by atoms with Crippen LogP contribution in [0.2, 0.25) is 0 Å². The van der Waals surface area contributed by atoms with Gasteiger partial charge >= 0.3 is 0 Å². The lowest BCUT2D eigenvalue weighted by Crippen LogP contribution is -2.28. The molecule has 1 fully saturated rings. The maximum absolute atomic E-state index is 6.14. The van der Waals surface area contributed by atoms with E-state index in [2.05, 4.69) is 6.92 Å². The van der Waals surface area contributed by atoms with Gasteiger partial charge in [0.2, 0.25) is 0 Å². The standard InChI is InChI=1S/C16H25NO2/c1-11(2)18-14-9-6-10-15(16(14)17)19-13-8-5-4-7-12(13)3/h6,9-13H,4-5,7-8,17H2,1-3H3. The molecule has 2 rings (SSSR count). The zero-order valence-corrected chi connectivity index (χ0v) is 12.2. The average molecular weight is 263 g/mol. The molecule has 0 aromatic heterocycles. The predicted molar refractivity (Wildman–Crippen MR) is 78.7 cm³/mol. The van der Waals surface area contributed by atoms with Crippen LogP contribution in [0.5, 0.6) is 11.5 Å². The Morgan fingerprint density at radius 1 is 1.16 bits per heavy atom. The van der Waals surface area contributed by atoms with Gasteiger partial charge in [0, 0.05) is 0 Å². The minimum Gasteiger partial charge on any atom is -0.489 e. The first kappa shape index (κ1) is 14.0. The molecular weight excluding hydrogens is 238 g/mol. The van der Waals surface area contributed by atoms with E-state index in [-0.39, 0.29) is 12.2 Å². The Hall–Kier alpha value is -1.38. The van der Waals surface area contributed by atoms with E-state index in [1.807, 2.05) is 32.0 Å². The molecule has 19 heavy (non-hydrogen) atoms. The number of benzene rings is 1. The fraction of sp³-hybridized carbons (Fsp3) is 0.625. The summed E-state index contributed by atoms with van der Waals surface area (Å²) < 4.78 is 11.8. The first-order chi connectivity index (χ1) is 9.08. The summed E-state index contributed by atoms with van der Waals surface area (Å²) in [5, 5.41) is 0. The van der Waals surface area contributed by atoms with Crippen molar-refractivity contribution in [1.82, 2.24) is 0 Å². The van der Waals surface area contributed by atoms with Crippen molar-refractivity contribution in [2.45, 2.75) is 58.7 Å². The van der Waals surface area contributed by atoms with Crippen molar-refractivity contribution < 1.29 is 9.47 Å². The van der Waals surface area contributed by atoms with Gasteiger partial charge in [0.1, 0.15) is 23.3 Å². The molecule has 3 heteroatoms. The van der Waals surface area contributed by atoms with E-state index in [9.17, 15) is 0 Å². The number of nitrogens with two attached hydrogens (primary N) is 1. The normalized spacial score (nSPS) is 23.4. The largest absolute Gasteiger partial charge is 0.489 e. The molecule has 0 bridgehead atoms. The molecule has 0 heterocycles. The molecule has 0 saturated heterocycles. The van der Waals surface area contributed by atoms with E-state index in [1.54, 1.807) is 0 Å². The number of ether oxygens (including phenoxy) is 2. The molecule has 0 radical (unpaired) electrons. The maximum Gasteiger partial charge on any atom is 0.146 e. The summed E-state index contributed by atoms with van der Waals surface area (Å²) in [6.45, 7) is 6.25. The van der Waals surface area contributed by atoms with Crippen LogP contribution < -0.4 is 15.2 Å². The second kappa shape index (κ2) is 6.18. The number of para-hydroxylation sites is 1. The van der Waals surface area contributed by atoms with Gasteiger partial charge in [-0.15, -0.1) is 0 Å². The van der Waals surface area contributed by atoms with E-state index in [0.29, 0.717) is 11.6 Å². The maximum atomic E-state index is 6.14. The van der Waals surface area contributed by atoms with Gasteiger partial charge in [-0.2, -0.15) is 0 Å². The zero-order valence-electron chi connectivity index (χ0n) is 12.2. The predicted octanol–water partition coefficient (Wildman–Crippen LogP) is 4.01. The second-order valence-electron chi connectivity index (χ2n) is 5.75. The van der Waals surface area contributed by atoms with Crippen molar-refractivity contribution in [3.05, 3.63) is 18.2 Å². The molecule has 2 atom stereocenters. The number of hydrogen-bond acceptors (Lipinski definition) is 3. The van der Waals surface area contributed by atoms with E-state index < -0.39 is 0 Å². The summed E-state index contributed by atoms with van der Waals surface area (Å²) in [5.74, 6) is 2.08. The van der Waals surface area contributed by atoms with Gasteiger partial charge in [-0.25, -0.2) is 0 Å². The van der Waals surface area contributed by atoms with Gasteiger partial charge in [-0.1, -0.05) is 19.4 Å². The Morgan fingerprint density at radius 3 is 2.53 bits per heavy atom. The Kier molecular flexibility index (Phi) is 4.56. The topological polar surface area (TPSA) is 44.5 Å². The first-order valence-corrected chi connectivity index (χ1v) is 7.29. The van der Waals surface area contributed by atoms with Gasteiger partial charge < -0.3 is 15.2 Å². The molecule has 1 aliphatic carbocycles. The van der Waals surface area contributed by atoms with Gasteiger partial charge in [-0.05, 0) is 51.2 Å². The third kappa shape index (κ3) is 3.55. The molecular formula is C16H25NO2. The zero-order chi connectivity index (χ0) is 13.8. The van der Waals surface area contributed by atoms with Crippen molar-refractivity contribution in [2.75, 3.05) is 5.73 Å². The Bertz CT molecular complexity index is 417. The van der Waals surface area contributed by atoms with Gasteiger partial charge in [0.15, 0.2) is 0 Å². The van der Waals surface area contributed by atoms with Crippen molar-refractivity contribution >= 4 is 5.69 Å². The minimum atomic E-state index is 0.117. The molecule has 1 aromatic carbocycles. The van der Waals surface area contributed by atoms with Gasteiger partial charge in [0.25, 0.3) is 0 Å². The van der Waals surface area contributed by atoms with Crippen LogP contribution in [0.3, 0.4) is 0 Å². The van der Waals surface area contributed by atoms with Crippen LogP contribution in [-0.2, 0) is 0 Å². The smallest absolute Gasteiger partial charge is 0.146 e. The van der Waals surface area contributed by atoms with Crippen LogP contribution in [0.15, 0.2) is 18.2 Å². The van der Waals surface area contributed by atoms with Crippen LogP contribution in [0.4, 0.5) is 5.69 Å². The molecule has 1 aliphatic rings. The van der Waals surface area contributed by atoms with Crippen LogP contribution in [-0.4, -0.2) is 12.2 Å². The monoisotopic (exact) mass is 263 g/mol. The lowest BCUT2D eigenvalue weighted by atomic mass is 9.88. The fourth-order valence-electron chi connectivity index (χ4n) is 2.60. The highest BCUT2D eigenvalue weighted by Gasteiger charge is 2.24. The third-order valence-electron chi connectivity index (χ3n) is 3.70. The second-order valence-corrected chi connectivity index (χ2v) is 5.75. The minimum absolute atomic E-state index is 0.117.